The fourth-order valence-electron chi connectivity index (χ4n) is 5.79. The summed E-state index contributed by atoms with van der Waals surface area (Å²) >= 11 is 0. The van der Waals surface area contributed by atoms with Crippen LogP contribution in [-0.4, -0.2) is 80.1 Å². The molecule has 0 aliphatic heterocycles. The molecule has 0 spiro atoms. The molecule has 0 radical (unpaired) electrons. The molecule has 1 aromatic carbocycles. The molecule has 19 heteroatoms. The summed E-state index contributed by atoms with van der Waals surface area (Å²) in [5.41, 5.74) is -2.21. The average Bonchev–Trinajstić information content (AvgIpc) is 3.67. The number of amides is 2. The highest BCUT2D eigenvalue weighted by atomic mass is 19.3. The number of hydrogen-bond acceptors (Lipinski definition) is 12. The minimum Gasteiger partial charge on any atom is -0.477 e. The molecule has 0 bridgehead atoms. The number of pyridine rings is 1. The number of aromatic nitrogens is 3. The molecule has 1 saturated carbocycles. The fourth-order valence-corrected chi connectivity index (χ4v) is 5.79. The van der Waals surface area contributed by atoms with Gasteiger partial charge in [0, 0.05) is 42.8 Å². The van der Waals surface area contributed by atoms with Crippen molar-refractivity contribution in [1.82, 2.24) is 20.1 Å². The monoisotopic (exact) mass is 820 g/mol. The number of alkyl carbamates (subject to hydrolysis) is 1. The van der Waals surface area contributed by atoms with Crippen LogP contribution in [0.2, 0.25) is 0 Å². The zero-order valence-electron chi connectivity index (χ0n) is 34.2. The first-order valence-corrected chi connectivity index (χ1v) is 18.6. The predicted octanol–water partition coefficient (Wildman–Crippen LogP) is 9.13. The van der Waals surface area contributed by atoms with Gasteiger partial charge in [0.15, 0.2) is 0 Å². The van der Waals surface area contributed by atoms with E-state index in [0.717, 1.165) is 19.1 Å². The number of nitrogens with zero attached hydrogens (tertiary/aromatic N) is 5. The van der Waals surface area contributed by atoms with E-state index in [1.54, 1.807) is 52.3 Å². The zero-order valence-corrected chi connectivity index (χ0v) is 34.2. The smallest absolute Gasteiger partial charge is 0.477 e. The van der Waals surface area contributed by atoms with Crippen LogP contribution in [0.5, 0.6) is 11.6 Å². The first-order valence-electron chi connectivity index (χ1n) is 18.6. The van der Waals surface area contributed by atoms with Crippen molar-refractivity contribution < 1.29 is 56.2 Å². The number of alkyl halides is 3. The Morgan fingerprint density at radius 3 is 2.21 bits per heavy atom. The Bertz CT molecular complexity index is 1940. The fraction of sp³-hybridized carbons (Fsp3) is 0.564. The molecule has 4 atom stereocenters. The number of hydrogen-bond donors (Lipinski definition) is 1. The molecule has 58 heavy (non-hydrogen) atoms. The number of carbonyl (C=O) groups excluding carboxylic acids is 3. The minimum absolute atomic E-state index is 0.0212. The Morgan fingerprint density at radius 2 is 1.62 bits per heavy atom. The molecule has 4 rings (SSSR count). The van der Waals surface area contributed by atoms with Crippen LogP contribution in [0.4, 0.5) is 44.7 Å². The lowest BCUT2D eigenvalue weighted by Gasteiger charge is -2.30. The number of benzene rings is 1. The van der Waals surface area contributed by atoms with Gasteiger partial charge in [-0.1, -0.05) is 0 Å². The predicted molar refractivity (Wildman–Crippen MR) is 205 cm³/mol. The quantitative estimate of drug-likeness (QED) is 0.0601. The van der Waals surface area contributed by atoms with Crippen molar-refractivity contribution in [3.05, 3.63) is 64.5 Å². The van der Waals surface area contributed by atoms with Gasteiger partial charge >= 0.3 is 18.3 Å². The van der Waals surface area contributed by atoms with E-state index in [1.165, 1.54) is 35.4 Å². The van der Waals surface area contributed by atoms with Gasteiger partial charge in [0.2, 0.25) is 5.88 Å². The Labute approximate surface area is 334 Å². The number of anilines is 2. The lowest BCUT2D eigenvalue weighted by Crippen LogP contribution is -2.47. The summed E-state index contributed by atoms with van der Waals surface area (Å²) in [6.45, 7) is 16.1. The van der Waals surface area contributed by atoms with Crippen LogP contribution in [0.1, 0.15) is 100 Å². The van der Waals surface area contributed by atoms with Crippen molar-refractivity contribution in [2.45, 2.75) is 135 Å². The van der Waals surface area contributed by atoms with Gasteiger partial charge in [0.1, 0.15) is 35.0 Å². The van der Waals surface area contributed by atoms with Crippen molar-refractivity contribution >= 4 is 35.5 Å². The third-order valence-electron chi connectivity index (χ3n) is 8.52. The first kappa shape index (κ1) is 45.1. The molecule has 1 N–H and O–H groups in total. The highest BCUT2D eigenvalue weighted by Gasteiger charge is 2.42. The van der Waals surface area contributed by atoms with E-state index >= 15 is 13.2 Å². The number of nitro groups is 1. The van der Waals surface area contributed by atoms with E-state index in [1.807, 2.05) is 20.8 Å². The third-order valence-corrected chi connectivity index (χ3v) is 8.52. The van der Waals surface area contributed by atoms with Crippen LogP contribution < -0.4 is 19.7 Å². The van der Waals surface area contributed by atoms with Gasteiger partial charge in [0.05, 0.1) is 34.5 Å². The molecular formula is C39H51F3N6O10. The molecule has 1 fully saturated rings. The number of halogens is 3. The van der Waals surface area contributed by atoms with Crippen LogP contribution >= 0.6 is 0 Å². The Balaban J connectivity index is 1.56. The number of nitro benzene ring substituents is 1. The van der Waals surface area contributed by atoms with E-state index < -0.39 is 83.2 Å². The standard InChI is InChI=1S/C39H51F3N6O10/c1-23(44-33(49)57-37(5,6)7)39(41,42)16-18-54-31-21-26(15-17-43-31)46(34(50)58-38(8,9)10)32-22-29(45-47(32)36(2,3)4)24-19-28(40)30(20-24)56-35(51)55-27-13-11-25(12-14-27)48(52)53/h11-15,17,21-24,28,30H,16,18-20H2,1-10H3,(H,44,49)/t23-,24-,28+,30-/m0/s1. The second-order valence-electron chi connectivity index (χ2n) is 16.8. The summed E-state index contributed by atoms with van der Waals surface area (Å²) in [6, 6.07) is 7.61. The summed E-state index contributed by atoms with van der Waals surface area (Å²) in [5.74, 6) is -3.85. The molecule has 0 saturated heterocycles. The van der Waals surface area contributed by atoms with Gasteiger partial charge in [0.25, 0.3) is 11.6 Å². The van der Waals surface area contributed by atoms with Gasteiger partial charge in [-0.25, -0.2) is 42.1 Å². The lowest BCUT2D eigenvalue weighted by molar-refractivity contribution is -0.384. The molecule has 2 heterocycles. The van der Waals surface area contributed by atoms with Gasteiger partial charge in [-0.3, -0.25) is 10.1 Å². The molecular weight excluding hydrogens is 769 g/mol. The topological polar surface area (TPSA) is 186 Å². The van der Waals surface area contributed by atoms with Crippen molar-refractivity contribution in [1.29, 1.82) is 0 Å². The second kappa shape index (κ2) is 17.5. The van der Waals surface area contributed by atoms with Crippen molar-refractivity contribution in [3.8, 4) is 11.6 Å². The zero-order chi connectivity index (χ0) is 43.4. The normalized spacial score (nSPS) is 17.8. The maximum atomic E-state index is 15.4. The van der Waals surface area contributed by atoms with Crippen molar-refractivity contribution in [2.24, 2.45) is 0 Å². The van der Waals surface area contributed by atoms with Crippen LogP contribution in [-0.2, 0) is 19.7 Å². The Hall–Kier alpha value is -5.62. The summed E-state index contributed by atoms with van der Waals surface area (Å²) in [6.07, 6.45) is -5.31. The highest BCUT2D eigenvalue weighted by Crippen LogP contribution is 2.41. The minimum atomic E-state index is -3.39. The molecule has 0 unspecified atom stereocenters. The van der Waals surface area contributed by atoms with Gasteiger partial charge in [-0.05, 0) is 100 Å². The molecule has 1 aliphatic rings. The summed E-state index contributed by atoms with van der Waals surface area (Å²) < 4.78 is 73.9. The van der Waals surface area contributed by atoms with E-state index in [0.29, 0.717) is 5.69 Å². The van der Waals surface area contributed by atoms with Crippen molar-refractivity contribution in [2.75, 3.05) is 11.5 Å². The van der Waals surface area contributed by atoms with Crippen LogP contribution in [0, 0.1) is 10.1 Å². The van der Waals surface area contributed by atoms with Crippen molar-refractivity contribution in [3.63, 3.8) is 0 Å². The first-order chi connectivity index (χ1) is 26.7. The van der Waals surface area contributed by atoms with Gasteiger partial charge < -0.3 is 29.0 Å². The molecule has 3 aromatic rings. The maximum Gasteiger partial charge on any atom is 0.514 e. The number of ether oxygens (including phenoxy) is 5. The Morgan fingerprint density at radius 1 is 0.983 bits per heavy atom. The lowest BCUT2D eigenvalue weighted by atomic mass is 10.0. The number of non-ortho nitro benzene ring substituents is 1. The van der Waals surface area contributed by atoms with Crippen LogP contribution in [0.15, 0.2) is 48.7 Å². The second-order valence-corrected chi connectivity index (χ2v) is 16.8. The number of nitrogens with one attached hydrogen (secondary N) is 1. The molecule has 1 aliphatic carbocycles. The van der Waals surface area contributed by atoms with E-state index in [2.05, 4.69) is 10.3 Å². The molecule has 318 valence electrons. The number of rotatable bonds is 12. The summed E-state index contributed by atoms with van der Waals surface area (Å²) in [7, 11) is 0. The number of carbonyl (C=O) groups is 3. The molecule has 2 amide bonds. The summed E-state index contributed by atoms with van der Waals surface area (Å²) in [4.78, 5) is 54.3. The van der Waals surface area contributed by atoms with Gasteiger partial charge in [-0.15, -0.1) is 0 Å². The van der Waals surface area contributed by atoms with E-state index in [-0.39, 0.29) is 41.7 Å². The largest absolute Gasteiger partial charge is 0.514 e. The van der Waals surface area contributed by atoms with E-state index in [4.69, 9.17) is 28.8 Å². The highest BCUT2D eigenvalue weighted by molar-refractivity contribution is 5.95. The van der Waals surface area contributed by atoms with E-state index in [9.17, 15) is 24.5 Å². The summed E-state index contributed by atoms with van der Waals surface area (Å²) in [5, 5.41) is 17.9. The SMILES string of the molecule is C[C@H](NC(=O)OC(C)(C)C)C(F)(F)CCOc1cc(N(C(=O)OC(C)(C)C)c2cc([C@H]3C[C@@H](F)[C@@H](OC(=O)Oc4ccc([N+](=O)[O-])cc4)C3)nn2C(C)(C)C)ccn1. The molecule has 2 aromatic heterocycles. The maximum absolute atomic E-state index is 15.4. The van der Waals surface area contributed by atoms with Crippen LogP contribution in [0.3, 0.4) is 0 Å². The Kier molecular flexibility index (Phi) is 13.6. The van der Waals surface area contributed by atoms with Gasteiger partial charge in [-0.2, -0.15) is 5.10 Å². The van der Waals surface area contributed by atoms with Crippen LogP contribution in [0.25, 0.3) is 0 Å². The molecule has 16 nitrogen and oxygen atoms in total. The third kappa shape index (κ3) is 12.4. The average molecular weight is 821 g/mol.